The maximum absolute atomic E-state index is 6.33. The lowest BCUT2D eigenvalue weighted by Crippen LogP contribution is -2.22. The second kappa shape index (κ2) is 10.0. The van der Waals surface area contributed by atoms with Crippen molar-refractivity contribution in [2.75, 3.05) is 12.8 Å². The summed E-state index contributed by atoms with van der Waals surface area (Å²) in [7, 11) is 1.15. The molecule has 0 bridgehead atoms. The maximum Gasteiger partial charge on any atom is 0.226 e. The summed E-state index contributed by atoms with van der Waals surface area (Å²) in [6, 6.07) is 10.1. The molecule has 4 atom stereocenters. The summed E-state index contributed by atoms with van der Waals surface area (Å²) in [5, 5.41) is 0. The molecule has 164 valence electrons. The number of hydrogen-bond donors (Lipinski definition) is 0. The average Bonchev–Trinajstić information content (AvgIpc) is 3.37. The number of oxazole rings is 1. The number of rotatable bonds is 9. The van der Waals surface area contributed by atoms with E-state index in [0.29, 0.717) is 24.3 Å². The molecular formula is C27H34NO2P. The van der Waals surface area contributed by atoms with Crippen LogP contribution in [0.2, 0.25) is 0 Å². The molecule has 1 heterocycles. The van der Waals surface area contributed by atoms with Crippen LogP contribution in [0, 0.1) is 30.6 Å². The van der Waals surface area contributed by atoms with E-state index < -0.39 is 0 Å². The first-order valence-corrected chi connectivity index (χ1v) is 12.9. The third-order valence-electron chi connectivity index (χ3n) is 7.06. The first kappa shape index (κ1) is 22.1. The van der Waals surface area contributed by atoms with Gasteiger partial charge in [0.1, 0.15) is 11.5 Å². The van der Waals surface area contributed by atoms with Gasteiger partial charge in [-0.25, -0.2) is 4.98 Å². The highest BCUT2D eigenvalue weighted by molar-refractivity contribution is 7.36. The number of nitrogens with zero attached hydrogens (tertiary/aromatic N) is 1. The summed E-state index contributed by atoms with van der Waals surface area (Å²) < 4.78 is 12.2. The van der Waals surface area contributed by atoms with Crippen molar-refractivity contribution in [2.24, 2.45) is 23.7 Å². The lowest BCUT2D eigenvalue weighted by molar-refractivity contribution is 0.211. The summed E-state index contributed by atoms with van der Waals surface area (Å²) in [5.74, 6) is 5.52. The molecule has 2 aliphatic carbocycles. The van der Waals surface area contributed by atoms with Gasteiger partial charge in [0.05, 0.1) is 12.3 Å². The van der Waals surface area contributed by atoms with Gasteiger partial charge in [-0.2, -0.15) is 0 Å². The monoisotopic (exact) mass is 435 g/mol. The van der Waals surface area contributed by atoms with Gasteiger partial charge in [-0.3, -0.25) is 0 Å². The predicted octanol–water partition coefficient (Wildman–Crippen LogP) is 7.10. The zero-order valence-electron chi connectivity index (χ0n) is 19.0. The molecule has 1 aromatic heterocycles. The molecule has 0 aliphatic heterocycles. The van der Waals surface area contributed by atoms with E-state index in [1.54, 1.807) is 0 Å². The Labute approximate surface area is 188 Å². The summed E-state index contributed by atoms with van der Waals surface area (Å²) in [6.45, 7) is 7.34. The van der Waals surface area contributed by atoms with Crippen LogP contribution < -0.4 is 0 Å². The highest BCUT2D eigenvalue weighted by Gasteiger charge is 2.38. The van der Waals surface area contributed by atoms with Gasteiger partial charge in [-0.05, 0) is 67.2 Å². The Morgan fingerprint density at radius 1 is 1.23 bits per heavy atom. The van der Waals surface area contributed by atoms with Crippen molar-refractivity contribution >= 4 is 14.5 Å². The minimum absolute atomic E-state index is 0.616. The van der Waals surface area contributed by atoms with Crippen molar-refractivity contribution in [1.29, 1.82) is 0 Å². The summed E-state index contributed by atoms with van der Waals surface area (Å²) in [6.07, 6.45) is 14.6. The fourth-order valence-corrected chi connectivity index (χ4v) is 5.63. The Morgan fingerprint density at radius 3 is 2.77 bits per heavy atom. The quantitative estimate of drug-likeness (QED) is 0.394. The van der Waals surface area contributed by atoms with E-state index in [9.17, 15) is 0 Å². The standard InChI is InChI=1S/C27H34NO2P/c1-5-18(2)23-12-11-21-16-26(22(17-31-4)15-24(21)23)29-14-13-25-19(3)30-27(28-25)20-9-7-6-8-10-20/h6-10,15-16,18,21,23-24H,4-5,11-14,17H2,1-3H3. The van der Waals surface area contributed by atoms with E-state index in [1.807, 2.05) is 37.3 Å². The summed E-state index contributed by atoms with van der Waals surface area (Å²) >= 11 is 0. The fraction of sp³-hybridized carbons (Fsp3) is 0.481. The number of ether oxygens (including phenoxy) is 1. The minimum Gasteiger partial charge on any atom is -0.493 e. The Bertz CT molecular complexity index is 959. The summed E-state index contributed by atoms with van der Waals surface area (Å²) in [4.78, 5) is 4.72. The first-order valence-electron chi connectivity index (χ1n) is 11.6. The van der Waals surface area contributed by atoms with Crippen LogP contribution >= 0.6 is 8.20 Å². The molecule has 0 amide bonds. The molecule has 1 saturated carbocycles. The molecule has 0 spiro atoms. The van der Waals surface area contributed by atoms with Gasteiger partial charge in [0, 0.05) is 18.1 Å². The van der Waals surface area contributed by atoms with Crippen molar-refractivity contribution in [3.8, 4) is 11.5 Å². The minimum atomic E-state index is 0.616. The zero-order chi connectivity index (χ0) is 21.8. The van der Waals surface area contributed by atoms with Gasteiger partial charge in [-0.1, -0.05) is 50.8 Å². The van der Waals surface area contributed by atoms with Crippen LogP contribution in [0.3, 0.4) is 0 Å². The Kier molecular flexibility index (Phi) is 7.13. The second-order valence-electron chi connectivity index (χ2n) is 8.96. The number of fused-ring (bicyclic) bond motifs is 1. The number of hydrogen-bond acceptors (Lipinski definition) is 3. The molecule has 0 N–H and O–H groups in total. The first-order chi connectivity index (χ1) is 15.1. The SMILES string of the molecule is C=PCC1=CC2C(C=C1OCCc1nc(-c3ccccc3)oc1C)CCC2C(C)CC. The molecule has 3 nitrogen and oxygen atoms in total. The maximum atomic E-state index is 6.33. The summed E-state index contributed by atoms with van der Waals surface area (Å²) in [5.41, 5.74) is 3.33. The Hall–Kier alpha value is -2.12. The van der Waals surface area contributed by atoms with E-state index in [2.05, 4.69) is 32.3 Å². The van der Waals surface area contributed by atoms with Crippen molar-refractivity contribution in [3.63, 3.8) is 0 Å². The van der Waals surface area contributed by atoms with E-state index in [-0.39, 0.29) is 0 Å². The van der Waals surface area contributed by atoms with E-state index in [1.165, 1.54) is 24.8 Å². The van der Waals surface area contributed by atoms with Crippen LogP contribution in [0.15, 0.2) is 58.2 Å². The molecule has 1 aromatic carbocycles. The second-order valence-corrected chi connectivity index (χ2v) is 9.72. The van der Waals surface area contributed by atoms with Crippen molar-refractivity contribution in [3.05, 3.63) is 65.3 Å². The predicted molar refractivity (Wildman–Crippen MR) is 131 cm³/mol. The van der Waals surface area contributed by atoms with Crippen LogP contribution in [0.1, 0.15) is 44.6 Å². The van der Waals surface area contributed by atoms with Crippen LogP contribution in [0.25, 0.3) is 11.5 Å². The van der Waals surface area contributed by atoms with Crippen molar-refractivity contribution < 1.29 is 9.15 Å². The van der Waals surface area contributed by atoms with Crippen LogP contribution in [0.4, 0.5) is 0 Å². The molecule has 4 unspecified atom stereocenters. The Morgan fingerprint density at radius 2 is 2.03 bits per heavy atom. The topological polar surface area (TPSA) is 35.3 Å². The molecule has 0 saturated heterocycles. The normalized spacial score (nSPS) is 23.9. The zero-order valence-corrected chi connectivity index (χ0v) is 19.9. The number of aromatic nitrogens is 1. The van der Waals surface area contributed by atoms with Gasteiger partial charge >= 0.3 is 0 Å². The van der Waals surface area contributed by atoms with E-state index >= 15 is 0 Å². The van der Waals surface area contributed by atoms with Crippen LogP contribution in [0.5, 0.6) is 0 Å². The lowest BCUT2D eigenvalue weighted by atomic mass is 9.77. The van der Waals surface area contributed by atoms with Gasteiger partial charge in [-0.15, -0.1) is 8.20 Å². The molecule has 1 fully saturated rings. The molecule has 2 aromatic rings. The van der Waals surface area contributed by atoms with Gasteiger partial charge in [0.2, 0.25) is 5.89 Å². The van der Waals surface area contributed by atoms with E-state index in [0.717, 1.165) is 55.4 Å². The largest absolute Gasteiger partial charge is 0.493 e. The van der Waals surface area contributed by atoms with Gasteiger partial charge in [0.25, 0.3) is 0 Å². The average molecular weight is 436 g/mol. The van der Waals surface area contributed by atoms with E-state index in [4.69, 9.17) is 14.1 Å². The Balaban J connectivity index is 1.42. The van der Waals surface area contributed by atoms with Crippen molar-refractivity contribution in [2.45, 2.75) is 46.5 Å². The van der Waals surface area contributed by atoms with Crippen LogP contribution in [-0.4, -0.2) is 24.1 Å². The fourth-order valence-electron chi connectivity index (χ4n) is 5.13. The number of allylic oxidation sites excluding steroid dienone is 3. The van der Waals surface area contributed by atoms with Crippen molar-refractivity contribution in [1.82, 2.24) is 4.98 Å². The third kappa shape index (κ3) is 4.88. The number of aryl methyl sites for hydroxylation is 1. The molecule has 2 aliphatic rings. The molecule has 4 heteroatoms. The molecule has 0 radical (unpaired) electrons. The lowest BCUT2D eigenvalue weighted by Gasteiger charge is -2.30. The van der Waals surface area contributed by atoms with Crippen LogP contribution in [-0.2, 0) is 11.2 Å². The molecule has 4 rings (SSSR count). The van der Waals surface area contributed by atoms with Gasteiger partial charge < -0.3 is 9.15 Å². The molecular weight excluding hydrogens is 401 g/mol. The smallest absolute Gasteiger partial charge is 0.226 e. The third-order valence-corrected chi connectivity index (χ3v) is 7.63. The highest BCUT2D eigenvalue weighted by Crippen LogP contribution is 2.47. The number of benzene rings is 1. The highest BCUT2D eigenvalue weighted by atomic mass is 31.1. The molecule has 31 heavy (non-hydrogen) atoms. The van der Waals surface area contributed by atoms with Gasteiger partial charge in [0.15, 0.2) is 0 Å².